The number of halogens is 5. The highest BCUT2D eigenvalue weighted by atomic mass is 35.5. The Hall–Kier alpha value is -1.59. The molecule has 1 aromatic carbocycles. The fourth-order valence-electron chi connectivity index (χ4n) is 2.92. The molecule has 1 aromatic heterocycles. The molecule has 1 aliphatic heterocycles. The Balaban J connectivity index is 1.43. The number of carbonyl (C=O) groups is 1. The smallest absolute Gasteiger partial charge is 0.374 e. The van der Waals surface area contributed by atoms with Crippen LogP contribution in [-0.2, 0) is 22.3 Å². The minimum atomic E-state index is -4.55. The van der Waals surface area contributed by atoms with E-state index in [-0.39, 0.29) is 22.9 Å². The molecule has 2 aromatic rings. The van der Waals surface area contributed by atoms with Crippen LogP contribution in [0.2, 0.25) is 10.0 Å². The molecule has 1 saturated heterocycles. The van der Waals surface area contributed by atoms with Gasteiger partial charge in [0.15, 0.2) is 5.16 Å². The number of nitrogens with zero attached hydrogens (tertiary/aromatic N) is 3. The summed E-state index contributed by atoms with van der Waals surface area (Å²) in [5.74, 6) is -0.433. The average molecular weight is 495 g/mol. The van der Waals surface area contributed by atoms with Gasteiger partial charge < -0.3 is 10.1 Å². The Kier molecular flexibility index (Phi) is 8.40. The maximum atomic E-state index is 12.7. The summed E-state index contributed by atoms with van der Waals surface area (Å²) in [7, 11) is 0. The fourth-order valence-corrected chi connectivity index (χ4v) is 3.90. The Morgan fingerprint density at radius 3 is 2.84 bits per heavy atom. The molecule has 0 spiro atoms. The number of amides is 1. The van der Waals surface area contributed by atoms with Gasteiger partial charge in [-0.25, -0.2) is 9.97 Å². The Morgan fingerprint density at radius 2 is 2.10 bits per heavy atom. The normalized spacial score (nSPS) is 17.5. The number of rotatable bonds is 7. The molecule has 0 aliphatic carbocycles. The number of thioether (sulfide) groups is 1. The van der Waals surface area contributed by atoms with Crippen LogP contribution in [0.1, 0.15) is 11.3 Å². The lowest BCUT2D eigenvalue weighted by molar-refractivity contribution is -0.141. The monoisotopic (exact) mass is 494 g/mol. The van der Waals surface area contributed by atoms with Crippen LogP contribution in [0.25, 0.3) is 0 Å². The largest absolute Gasteiger partial charge is 0.433 e. The van der Waals surface area contributed by atoms with E-state index in [2.05, 4.69) is 20.2 Å². The van der Waals surface area contributed by atoms with Crippen molar-refractivity contribution in [3.05, 3.63) is 51.8 Å². The number of benzene rings is 1. The molecule has 0 saturated carbocycles. The van der Waals surface area contributed by atoms with Gasteiger partial charge in [-0.15, -0.1) is 0 Å². The summed E-state index contributed by atoms with van der Waals surface area (Å²) < 4.78 is 43.8. The topological polar surface area (TPSA) is 67.4 Å². The van der Waals surface area contributed by atoms with Crippen LogP contribution in [0.5, 0.6) is 0 Å². The van der Waals surface area contributed by atoms with Gasteiger partial charge in [0.25, 0.3) is 0 Å². The Labute approximate surface area is 191 Å². The van der Waals surface area contributed by atoms with Gasteiger partial charge in [-0.3, -0.25) is 9.69 Å². The van der Waals surface area contributed by atoms with E-state index < -0.39 is 11.9 Å². The molecule has 31 heavy (non-hydrogen) atoms. The van der Waals surface area contributed by atoms with Crippen molar-refractivity contribution in [1.82, 2.24) is 20.2 Å². The SMILES string of the molecule is O=C(CSc1nccc(C(F)(F)F)n1)NC[C@H]1CN(Cc2ccc(Cl)c(Cl)c2)CCO1. The van der Waals surface area contributed by atoms with E-state index >= 15 is 0 Å². The van der Waals surface area contributed by atoms with E-state index in [9.17, 15) is 18.0 Å². The van der Waals surface area contributed by atoms with Crippen molar-refractivity contribution in [2.24, 2.45) is 0 Å². The number of nitrogens with one attached hydrogen (secondary N) is 1. The number of hydrogen-bond donors (Lipinski definition) is 1. The molecule has 0 bridgehead atoms. The van der Waals surface area contributed by atoms with Crippen LogP contribution < -0.4 is 5.32 Å². The lowest BCUT2D eigenvalue weighted by Gasteiger charge is -2.33. The number of alkyl halides is 3. The summed E-state index contributed by atoms with van der Waals surface area (Å²) in [5.41, 5.74) is -0.0142. The van der Waals surface area contributed by atoms with Crippen LogP contribution >= 0.6 is 35.0 Å². The molecule has 1 N–H and O–H groups in total. The standard InChI is InChI=1S/C19H19Cl2F3N4O2S/c20-14-2-1-12(7-15(14)21)9-28-5-6-30-13(10-28)8-26-17(29)11-31-18-25-4-3-16(27-18)19(22,23)24/h1-4,7,13H,5-6,8-11H2,(H,26,29)/t13-/m0/s1. The average Bonchev–Trinajstić information content (AvgIpc) is 2.73. The molecular weight excluding hydrogens is 476 g/mol. The zero-order chi connectivity index (χ0) is 22.4. The van der Waals surface area contributed by atoms with Crippen LogP contribution in [0, 0.1) is 0 Å². The van der Waals surface area contributed by atoms with E-state index in [0.717, 1.165) is 36.1 Å². The van der Waals surface area contributed by atoms with Crippen molar-refractivity contribution in [3.8, 4) is 0 Å². The van der Waals surface area contributed by atoms with Crippen molar-refractivity contribution >= 4 is 40.9 Å². The number of carbonyl (C=O) groups excluding carboxylic acids is 1. The van der Waals surface area contributed by atoms with Crippen molar-refractivity contribution in [2.75, 3.05) is 32.0 Å². The van der Waals surface area contributed by atoms with Gasteiger partial charge in [0.1, 0.15) is 5.69 Å². The van der Waals surface area contributed by atoms with Crippen LogP contribution in [0.15, 0.2) is 35.6 Å². The van der Waals surface area contributed by atoms with Gasteiger partial charge >= 0.3 is 6.18 Å². The molecule has 0 radical (unpaired) electrons. The van der Waals surface area contributed by atoms with Gasteiger partial charge in [-0.2, -0.15) is 13.2 Å². The molecule has 1 amide bonds. The molecule has 0 unspecified atom stereocenters. The van der Waals surface area contributed by atoms with Crippen molar-refractivity contribution in [1.29, 1.82) is 0 Å². The number of aromatic nitrogens is 2. The number of ether oxygens (including phenoxy) is 1. The molecule has 1 fully saturated rings. The van der Waals surface area contributed by atoms with Crippen LogP contribution in [-0.4, -0.2) is 58.9 Å². The molecule has 1 aliphatic rings. The van der Waals surface area contributed by atoms with E-state index in [4.69, 9.17) is 27.9 Å². The summed E-state index contributed by atoms with van der Waals surface area (Å²) in [6.07, 6.45) is -3.73. The molecule has 6 nitrogen and oxygen atoms in total. The summed E-state index contributed by atoms with van der Waals surface area (Å²) >= 11 is 12.8. The molecule has 12 heteroatoms. The predicted octanol–water partition coefficient (Wildman–Crippen LogP) is 3.91. The number of morpholine rings is 1. The third kappa shape index (κ3) is 7.50. The van der Waals surface area contributed by atoms with Crippen molar-refractivity contribution < 1.29 is 22.7 Å². The maximum Gasteiger partial charge on any atom is 0.433 e. The van der Waals surface area contributed by atoms with Gasteiger partial charge in [-0.1, -0.05) is 41.0 Å². The predicted molar refractivity (Wildman–Crippen MR) is 112 cm³/mol. The number of hydrogen-bond acceptors (Lipinski definition) is 6. The zero-order valence-electron chi connectivity index (χ0n) is 16.2. The highest BCUT2D eigenvalue weighted by Gasteiger charge is 2.32. The highest BCUT2D eigenvalue weighted by Crippen LogP contribution is 2.28. The van der Waals surface area contributed by atoms with E-state index in [1.165, 1.54) is 0 Å². The van der Waals surface area contributed by atoms with Crippen molar-refractivity contribution in [3.63, 3.8) is 0 Å². The van der Waals surface area contributed by atoms with Crippen LogP contribution in [0.4, 0.5) is 13.2 Å². The van der Waals surface area contributed by atoms with Crippen molar-refractivity contribution in [2.45, 2.75) is 24.0 Å². The van der Waals surface area contributed by atoms with E-state index in [1.54, 1.807) is 6.07 Å². The summed E-state index contributed by atoms with van der Waals surface area (Å²) in [6.45, 7) is 2.85. The van der Waals surface area contributed by atoms with Crippen LogP contribution in [0.3, 0.4) is 0 Å². The minimum Gasteiger partial charge on any atom is -0.374 e. The van der Waals surface area contributed by atoms with Gasteiger partial charge in [-0.05, 0) is 23.8 Å². The third-order valence-corrected chi connectivity index (χ3v) is 6.00. The van der Waals surface area contributed by atoms with Gasteiger partial charge in [0.2, 0.25) is 5.91 Å². The molecule has 3 rings (SSSR count). The molecule has 1 atom stereocenters. The van der Waals surface area contributed by atoms with Gasteiger partial charge in [0, 0.05) is 32.4 Å². The Bertz CT molecular complexity index is 920. The lowest BCUT2D eigenvalue weighted by atomic mass is 10.2. The van der Waals surface area contributed by atoms with E-state index in [0.29, 0.717) is 36.3 Å². The maximum absolute atomic E-state index is 12.7. The first-order valence-corrected chi connectivity index (χ1v) is 11.0. The minimum absolute atomic E-state index is 0.0962. The van der Waals surface area contributed by atoms with Gasteiger partial charge in [0.05, 0.1) is 28.5 Å². The quantitative estimate of drug-likeness (QED) is 0.464. The first-order valence-electron chi connectivity index (χ1n) is 9.28. The second-order valence-corrected chi connectivity index (χ2v) is 8.55. The first-order chi connectivity index (χ1) is 14.7. The zero-order valence-corrected chi connectivity index (χ0v) is 18.5. The lowest BCUT2D eigenvalue weighted by Crippen LogP contribution is -2.47. The third-order valence-electron chi connectivity index (χ3n) is 4.40. The second-order valence-electron chi connectivity index (χ2n) is 6.79. The fraction of sp³-hybridized carbons (Fsp3) is 0.421. The van der Waals surface area contributed by atoms with E-state index in [1.807, 2.05) is 12.1 Å². The molecular formula is C19H19Cl2F3N4O2S. The highest BCUT2D eigenvalue weighted by molar-refractivity contribution is 7.99. The second kappa shape index (κ2) is 10.8. The molecule has 2 heterocycles. The summed E-state index contributed by atoms with van der Waals surface area (Å²) in [4.78, 5) is 21.4. The summed E-state index contributed by atoms with van der Waals surface area (Å²) in [5, 5.41) is 3.64. The Morgan fingerprint density at radius 1 is 1.29 bits per heavy atom. The first kappa shape index (κ1) is 24.1. The molecule has 168 valence electrons. The summed E-state index contributed by atoms with van der Waals surface area (Å²) in [6, 6.07) is 6.27.